The molecule has 0 bridgehead atoms. The van der Waals surface area contributed by atoms with Crippen LogP contribution in [-0.4, -0.2) is 13.6 Å². The Morgan fingerprint density at radius 3 is 2.28 bits per heavy atom. The van der Waals surface area contributed by atoms with Crippen molar-refractivity contribution in [3.63, 3.8) is 0 Å². The molecule has 0 radical (unpaired) electrons. The topological polar surface area (TPSA) is 86.2 Å². The lowest BCUT2D eigenvalue weighted by atomic mass is 9.99. The summed E-state index contributed by atoms with van der Waals surface area (Å²) in [5.74, 6) is -2.51. The summed E-state index contributed by atoms with van der Waals surface area (Å²) in [6.07, 6.45) is 0. The molecule has 0 aliphatic heterocycles. The van der Waals surface area contributed by atoms with Gasteiger partial charge in [-0.05, 0) is 43.3 Å². The van der Waals surface area contributed by atoms with Crippen LogP contribution in [0.5, 0.6) is 0 Å². The van der Waals surface area contributed by atoms with Crippen LogP contribution in [0.25, 0.3) is 22.4 Å². The number of sulfonamides is 1. The van der Waals surface area contributed by atoms with Gasteiger partial charge in [0.2, 0.25) is 10.0 Å². The Bertz CT molecular complexity index is 1060. The van der Waals surface area contributed by atoms with Gasteiger partial charge in [0.25, 0.3) is 0 Å². The molecule has 2 aromatic carbocycles. The molecule has 9 heteroatoms. The number of hydrogen-bond donors (Lipinski definition) is 1. The highest BCUT2D eigenvalue weighted by Gasteiger charge is 2.24. The zero-order valence-electron chi connectivity index (χ0n) is 12.8. The van der Waals surface area contributed by atoms with E-state index in [9.17, 15) is 21.6 Å². The molecular weight excluding hydrogens is 357 g/mol. The first kappa shape index (κ1) is 17.2. The van der Waals surface area contributed by atoms with Crippen LogP contribution in [0, 0.1) is 24.4 Å². The molecule has 0 aliphatic rings. The summed E-state index contributed by atoms with van der Waals surface area (Å²) in [6, 6.07) is 6.39. The molecule has 0 spiro atoms. The van der Waals surface area contributed by atoms with Crippen LogP contribution in [-0.2, 0) is 10.0 Å². The zero-order chi connectivity index (χ0) is 18.4. The molecule has 2 N–H and O–H groups in total. The highest BCUT2D eigenvalue weighted by molar-refractivity contribution is 7.89. The number of aromatic nitrogens is 1. The van der Waals surface area contributed by atoms with Crippen LogP contribution in [0.1, 0.15) is 5.76 Å². The van der Waals surface area contributed by atoms with Gasteiger partial charge in [0, 0.05) is 11.1 Å². The highest BCUT2D eigenvalue weighted by Crippen LogP contribution is 2.37. The van der Waals surface area contributed by atoms with E-state index >= 15 is 0 Å². The van der Waals surface area contributed by atoms with Gasteiger partial charge >= 0.3 is 0 Å². The summed E-state index contributed by atoms with van der Waals surface area (Å²) in [5, 5.41) is 8.66. The summed E-state index contributed by atoms with van der Waals surface area (Å²) in [4.78, 5) is -0.953. The first-order valence-corrected chi connectivity index (χ1v) is 8.47. The van der Waals surface area contributed by atoms with E-state index in [0.717, 1.165) is 0 Å². The Hall–Kier alpha value is -2.65. The smallest absolute Gasteiger partial charge is 0.241 e. The molecule has 25 heavy (non-hydrogen) atoms. The molecular formula is C16H11F3N2O3S. The van der Waals surface area contributed by atoms with Gasteiger partial charge in [-0.3, -0.25) is 0 Å². The first-order valence-electron chi connectivity index (χ1n) is 6.93. The van der Waals surface area contributed by atoms with Crippen molar-refractivity contribution in [2.75, 3.05) is 0 Å². The number of primary sulfonamides is 1. The molecule has 0 saturated heterocycles. The van der Waals surface area contributed by atoms with Crippen molar-refractivity contribution in [3.05, 3.63) is 59.6 Å². The number of halogens is 3. The van der Waals surface area contributed by atoms with E-state index in [1.165, 1.54) is 31.2 Å². The van der Waals surface area contributed by atoms with Gasteiger partial charge < -0.3 is 4.52 Å². The maximum Gasteiger partial charge on any atom is 0.241 e. The molecule has 0 saturated carbocycles. The number of aryl methyl sites for hydroxylation is 1. The quantitative estimate of drug-likeness (QED) is 0.768. The van der Waals surface area contributed by atoms with E-state index in [4.69, 9.17) is 9.66 Å². The predicted molar refractivity (Wildman–Crippen MR) is 83.4 cm³/mol. The highest BCUT2D eigenvalue weighted by atomic mass is 32.2. The van der Waals surface area contributed by atoms with Crippen LogP contribution in [0.3, 0.4) is 0 Å². The fraction of sp³-hybridized carbons (Fsp3) is 0.0625. The zero-order valence-corrected chi connectivity index (χ0v) is 13.6. The second-order valence-corrected chi connectivity index (χ2v) is 6.81. The standard InChI is InChI=1S/C16H11F3N2O3S/c1-8-15(16(21-24-8)9-2-4-10(17)5-3-9)11-6-13(19)14(7-12(11)18)25(20,22)23/h2-7H,1H3,(H2,20,22,23). The first-order chi connectivity index (χ1) is 11.7. The Morgan fingerprint density at radius 2 is 1.68 bits per heavy atom. The van der Waals surface area contributed by atoms with Gasteiger partial charge in [-0.1, -0.05) is 5.16 Å². The summed E-state index contributed by atoms with van der Waals surface area (Å²) < 4.78 is 69.3. The number of hydrogen-bond acceptors (Lipinski definition) is 4. The Labute approximate surface area is 140 Å². The van der Waals surface area contributed by atoms with Crippen molar-refractivity contribution in [3.8, 4) is 22.4 Å². The molecule has 0 fully saturated rings. The van der Waals surface area contributed by atoms with Crippen molar-refractivity contribution < 1.29 is 26.1 Å². The Balaban J connectivity index is 2.23. The average Bonchev–Trinajstić information content (AvgIpc) is 2.90. The summed E-state index contributed by atoms with van der Waals surface area (Å²) in [6.45, 7) is 1.49. The van der Waals surface area contributed by atoms with Crippen LogP contribution < -0.4 is 5.14 Å². The van der Waals surface area contributed by atoms with Crippen LogP contribution in [0.15, 0.2) is 45.8 Å². The van der Waals surface area contributed by atoms with Crippen molar-refractivity contribution >= 4 is 10.0 Å². The number of nitrogens with two attached hydrogens (primary N) is 1. The molecule has 0 unspecified atom stereocenters. The van der Waals surface area contributed by atoms with E-state index < -0.39 is 32.4 Å². The summed E-state index contributed by atoms with van der Waals surface area (Å²) in [7, 11) is -4.41. The number of benzene rings is 2. The average molecular weight is 368 g/mol. The normalized spacial score (nSPS) is 11.7. The van der Waals surface area contributed by atoms with E-state index in [0.29, 0.717) is 17.7 Å². The maximum absolute atomic E-state index is 14.4. The molecule has 0 atom stereocenters. The number of rotatable bonds is 3. The Kier molecular flexibility index (Phi) is 4.13. The lowest BCUT2D eigenvalue weighted by Gasteiger charge is -2.08. The number of nitrogens with zero attached hydrogens (tertiary/aromatic N) is 1. The third-order valence-corrected chi connectivity index (χ3v) is 4.50. The third-order valence-electron chi connectivity index (χ3n) is 3.58. The van der Waals surface area contributed by atoms with Gasteiger partial charge in [-0.15, -0.1) is 0 Å². The molecule has 0 aliphatic carbocycles. The van der Waals surface area contributed by atoms with Crippen molar-refractivity contribution in [2.24, 2.45) is 5.14 Å². The monoisotopic (exact) mass is 368 g/mol. The minimum absolute atomic E-state index is 0.129. The fourth-order valence-electron chi connectivity index (χ4n) is 2.43. The van der Waals surface area contributed by atoms with E-state index in [2.05, 4.69) is 5.16 Å². The second-order valence-electron chi connectivity index (χ2n) is 5.28. The van der Waals surface area contributed by atoms with Crippen molar-refractivity contribution in [2.45, 2.75) is 11.8 Å². The van der Waals surface area contributed by atoms with Gasteiger partial charge in [0.1, 0.15) is 33.8 Å². The molecule has 5 nitrogen and oxygen atoms in total. The minimum atomic E-state index is -4.41. The van der Waals surface area contributed by atoms with Crippen molar-refractivity contribution in [1.29, 1.82) is 0 Å². The van der Waals surface area contributed by atoms with Crippen LogP contribution in [0.2, 0.25) is 0 Å². The molecule has 1 heterocycles. The summed E-state index contributed by atoms with van der Waals surface area (Å²) >= 11 is 0. The van der Waals surface area contributed by atoms with Gasteiger partial charge in [-0.25, -0.2) is 26.7 Å². The summed E-state index contributed by atoms with van der Waals surface area (Å²) in [5.41, 5.74) is 0.467. The fourth-order valence-corrected chi connectivity index (χ4v) is 3.03. The second kappa shape index (κ2) is 6.01. The molecule has 1 aromatic heterocycles. The SMILES string of the molecule is Cc1onc(-c2ccc(F)cc2)c1-c1cc(F)c(S(N)(=O)=O)cc1F. The molecule has 130 valence electrons. The van der Waals surface area contributed by atoms with Gasteiger partial charge in [-0.2, -0.15) is 0 Å². The maximum atomic E-state index is 14.4. The molecule has 3 rings (SSSR count). The lowest BCUT2D eigenvalue weighted by molar-refractivity contribution is 0.400. The van der Waals surface area contributed by atoms with Crippen LogP contribution in [0.4, 0.5) is 13.2 Å². The minimum Gasteiger partial charge on any atom is -0.360 e. The van der Waals surface area contributed by atoms with E-state index in [1.54, 1.807) is 0 Å². The van der Waals surface area contributed by atoms with Crippen molar-refractivity contribution in [1.82, 2.24) is 5.16 Å². The third kappa shape index (κ3) is 3.15. The lowest BCUT2D eigenvalue weighted by Crippen LogP contribution is -2.14. The van der Waals surface area contributed by atoms with Gasteiger partial charge in [0.15, 0.2) is 0 Å². The Morgan fingerprint density at radius 1 is 1.04 bits per heavy atom. The molecule has 0 amide bonds. The molecule has 3 aromatic rings. The van der Waals surface area contributed by atoms with E-state index in [-0.39, 0.29) is 22.6 Å². The van der Waals surface area contributed by atoms with Gasteiger partial charge in [0.05, 0.1) is 5.56 Å². The van der Waals surface area contributed by atoms with E-state index in [1.807, 2.05) is 0 Å². The largest absolute Gasteiger partial charge is 0.360 e. The van der Waals surface area contributed by atoms with Crippen LogP contribution >= 0.6 is 0 Å². The predicted octanol–water partition coefficient (Wildman–Crippen LogP) is 3.38.